The minimum Gasteiger partial charge on any atom is -0.497 e. The van der Waals surface area contributed by atoms with Crippen molar-refractivity contribution in [3.8, 4) is 17.0 Å². The maximum absolute atomic E-state index is 12.9. The molecule has 0 amide bonds. The molecular formula is C13H11F3N2O3S. The predicted molar refractivity (Wildman–Crippen MR) is 72.1 cm³/mol. The number of hydrogen-bond donors (Lipinski definition) is 0. The fourth-order valence-electron chi connectivity index (χ4n) is 1.67. The molecule has 1 aromatic heterocycles. The Morgan fingerprint density at radius 3 is 2.36 bits per heavy atom. The third-order valence-electron chi connectivity index (χ3n) is 2.69. The van der Waals surface area contributed by atoms with Crippen LogP contribution in [-0.4, -0.2) is 31.8 Å². The first-order chi connectivity index (χ1) is 10.1. The van der Waals surface area contributed by atoms with E-state index in [1.165, 1.54) is 19.2 Å². The number of aromatic nitrogens is 2. The van der Waals surface area contributed by atoms with E-state index in [0.717, 1.165) is 6.26 Å². The Morgan fingerprint density at radius 1 is 1.14 bits per heavy atom. The van der Waals surface area contributed by atoms with Crippen LogP contribution in [0.2, 0.25) is 0 Å². The number of benzene rings is 1. The van der Waals surface area contributed by atoms with Crippen LogP contribution in [0.4, 0.5) is 13.2 Å². The summed E-state index contributed by atoms with van der Waals surface area (Å²) in [6, 6.07) is 6.81. The van der Waals surface area contributed by atoms with Gasteiger partial charge in [-0.1, -0.05) is 12.1 Å². The number of halogens is 3. The van der Waals surface area contributed by atoms with Crippen LogP contribution in [0, 0.1) is 0 Å². The van der Waals surface area contributed by atoms with Crippen LogP contribution in [0.3, 0.4) is 0 Å². The summed E-state index contributed by atoms with van der Waals surface area (Å²) >= 11 is 0. The average Bonchev–Trinajstić information content (AvgIpc) is 2.45. The van der Waals surface area contributed by atoms with Crippen LogP contribution >= 0.6 is 0 Å². The van der Waals surface area contributed by atoms with E-state index in [1.54, 1.807) is 12.1 Å². The van der Waals surface area contributed by atoms with E-state index in [2.05, 4.69) is 9.97 Å². The maximum Gasteiger partial charge on any atom is 0.433 e. The van der Waals surface area contributed by atoms with E-state index in [-0.39, 0.29) is 11.3 Å². The van der Waals surface area contributed by atoms with Crippen molar-refractivity contribution in [2.24, 2.45) is 0 Å². The lowest BCUT2D eigenvalue weighted by molar-refractivity contribution is -0.141. The summed E-state index contributed by atoms with van der Waals surface area (Å²) in [6.07, 6.45) is -4.03. The van der Waals surface area contributed by atoms with Gasteiger partial charge in [-0.2, -0.15) is 13.2 Å². The van der Waals surface area contributed by atoms with Crippen LogP contribution in [-0.2, 0) is 16.0 Å². The number of alkyl halides is 3. The highest BCUT2D eigenvalue weighted by Crippen LogP contribution is 2.31. The maximum atomic E-state index is 12.9. The van der Waals surface area contributed by atoms with E-state index in [4.69, 9.17) is 4.74 Å². The molecule has 0 fully saturated rings. The normalized spacial score (nSPS) is 12.2. The van der Waals surface area contributed by atoms with E-state index in [9.17, 15) is 21.6 Å². The van der Waals surface area contributed by atoms with Crippen LogP contribution < -0.4 is 4.74 Å². The Bertz CT molecular complexity index is 804. The highest BCUT2D eigenvalue weighted by molar-refractivity contribution is 7.90. The van der Waals surface area contributed by atoms with Gasteiger partial charge in [-0.15, -0.1) is 0 Å². The second kappa shape index (κ2) is 5.56. The van der Waals surface area contributed by atoms with Gasteiger partial charge in [0.15, 0.2) is 0 Å². The molecule has 0 N–H and O–H groups in total. The minimum absolute atomic E-state index is 0.151. The van der Waals surface area contributed by atoms with Crippen molar-refractivity contribution < 1.29 is 26.3 Å². The molecule has 0 bridgehead atoms. The Labute approximate surface area is 124 Å². The van der Waals surface area contributed by atoms with Gasteiger partial charge >= 0.3 is 6.18 Å². The zero-order chi connectivity index (χ0) is 16.5. The molecule has 0 unspecified atom stereocenters. The summed E-state index contributed by atoms with van der Waals surface area (Å²) < 4.78 is 66.7. The van der Waals surface area contributed by atoms with Gasteiger partial charge in [-0.25, -0.2) is 18.4 Å². The van der Waals surface area contributed by atoms with Crippen molar-refractivity contribution in [2.45, 2.75) is 11.3 Å². The molecule has 0 aliphatic carbocycles. The second-order valence-electron chi connectivity index (χ2n) is 4.42. The fraction of sp³-hybridized carbons (Fsp3) is 0.231. The van der Waals surface area contributed by atoms with E-state index in [1.807, 2.05) is 0 Å². The molecule has 1 heterocycles. The van der Waals surface area contributed by atoms with E-state index >= 15 is 0 Å². The zero-order valence-corrected chi connectivity index (χ0v) is 12.4. The fourth-order valence-corrected chi connectivity index (χ4v) is 2.19. The Morgan fingerprint density at radius 2 is 1.82 bits per heavy atom. The quantitative estimate of drug-likeness (QED) is 0.808. The molecule has 0 aliphatic heterocycles. The molecule has 0 atom stereocenters. The standard InChI is InChI=1S/C13H11F3N2O3S/c1-21-9-5-3-4-8(6-9)10-7-11(13(14,15)16)18-12(17-10)22(2,19)20/h3-7H,1-2H3. The molecule has 0 saturated carbocycles. The first-order valence-electron chi connectivity index (χ1n) is 5.92. The third kappa shape index (κ3) is 3.53. The Balaban J connectivity index is 2.69. The molecular weight excluding hydrogens is 321 g/mol. The largest absolute Gasteiger partial charge is 0.497 e. The molecule has 9 heteroatoms. The lowest BCUT2D eigenvalue weighted by Gasteiger charge is -2.10. The molecule has 2 rings (SSSR count). The number of sulfone groups is 1. The van der Waals surface area contributed by atoms with Crippen LogP contribution in [0.1, 0.15) is 5.69 Å². The van der Waals surface area contributed by atoms with E-state index < -0.39 is 26.9 Å². The molecule has 0 aliphatic rings. The average molecular weight is 332 g/mol. The molecule has 118 valence electrons. The van der Waals surface area contributed by atoms with Gasteiger partial charge in [0.25, 0.3) is 0 Å². The zero-order valence-electron chi connectivity index (χ0n) is 11.5. The van der Waals surface area contributed by atoms with E-state index in [0.29, 0.717) is 11.8 Å². The Hall–Kier alpha value is -2.16. The summed E-state index contributed by atoms with van der Waals surface area (Å²) in [7, 11) is -2.58. The van der Waals surface area contributed by atoms with Crippen LogP contribution in [0.15, 0.2) is 35.5 Å². The highest BCUT2D eigenvalue weighted by atomic mass is 32.2. The van der Waals surface area contributed by atoms with Gasteiger partial charge in [0, 0.05) is 11.8 Å². The van der Waals surface area contributed by atoms with Crippen LogP contribution in [0.25, 0.3) is 11.3 Å². The number of methoxy groups -OCH3 is 1. The first-order valence-corrected chi connectivity index (χ1v) is 7.81. The molecule has 5 nitrogen and oxygen atoms in total. The van der Waals surface area contributed by atoms with Gasteiger partial charge in [0.1, 0.15) is 11.4 Å². The molecule has 0 radical (unpaired) electrons. The number of ether oxygens (including phenoxy) is 1. The minimum atomic E-state index is -4.78. The number of rotatable bonds is 3. The van der Waals surface area contributed by atoms with Crippen molar-refractivity contribution in [3.05, 3.63) is 36.0 Å². The van der Waals surface area contributed by atoms with Crippen molar-refractivity contribution in [2.75, 3.05) is 13.4 Å². The lowest BCUT2D eigenvalue weighted by Crippen LogP contribution is -2.14. The van der Waals surface area contributed by atoms with Gasteiger partial charge < -0.3 is 4.74 Å². The molecule has 2 aromatic rings. The molecule has 1 aromatic carbocycles. The summed E-state index contributed by atoms with van der Waals surface area (Å²) in [5, 5.41) is -0.875. The van der Waals surface area contributed by atoms with Crippen LogP contribution in [0.5, 0.6) is 5.75 Å². The molecule has 0 saturated heterocycles. The Kier molecular flexibility index (Phi) is 4.10. The van der Waals surface area contributed by atoms with Gasteiger partial charge in [0.2, 0.25) is 15.0 Å². The predicted octanol–water partition coefficient (Wildman–Crippen LogP) is 2.57. The smallest absolute Gasteiger partial charge is 0.433 e. The van der Waals surface area contributed by atoms with Gasteiger partial charge in [0.05, 0.1) is 12.8 Å². The van der Waals surface area contributed by atoms with Crippen molar-refractivity contribution in [1.29, 1.82) is 0 Å². The third-order valence-corrected chi connectivity index (χ3v) is 3.54. The number of hydrogen-bond acceptors (Lipinski definition) is 5. The molecule has 0 spiro atoms. The summed E-state index contributed by atoms with van der Waals surface area (Å²) in [4.78, 5) is 6.80. The SMILES string of the molecule is COc1cccc(-c2cc(C(F)(F)F)nc(S(C)(=O)=O)n2)c1. The molecule has 22 heavy (non-hydrogen) atoms. The van der Waals surface area contributed by atoms with Crippen molar-refractivity contribution >= 4 is 9.84 Å². The number of nitrogens with zero attached hydrogens (tertiary/aromatic N) is 2. The summed E-state index contributed by atoms with van der Waals surface area (Å²) in [6.45, 7) is 0. The van der Waals surface area contributed by atoms with Gasteiger partial charge in [-0.3, -0.25) is 0 Å². The topological polar surface area (TPSA) is 69.2 Å². The monoisotopic (exact) mass is 332 g/mol. The first kappa shape index (κ1) is 16.2. The second-order valence-corrected chi connectivity index (χ2v) is 6.33. The lowest BCUT2D eigenvalue weighted by atomic mass is 10.1. The highest BCUT2D eigenvalue weighted by Gasteiger charge is 2.34. The van der Waals surface area contributed by atoms with Crippen molar-refractivity contribution in [1.82, 2.24) is 9.97 Å². The van der Waals surface area contributed by atoms with Crippen molar-refractivity contribution in [3.63, 3.8) is 0 Å². The van der Waals surface area contributed by atoms with Gasteiger partial charge in [-0.05, 0) is 18.2 Å². The summed E-state index contributed by atoms with van der Waals surface area (Å²) in [5.41, 5.74) is -1.18. The summed E-state index contributed by atoms with van der Waals surface area (Å²) in [5.74, 6) is 0.408.